The average Bonchev–Trinajstić information content (AvgIpc) is 2.46. The van der Waals surface area contributed by atoms with E-state index >= 15 is 0 Å². The second-order valence-corrected chi connectivity index (χ2v) is 4.55. The molecule has 0 spiro atoms. The topological polar surface area (TPSA) is 20.3 Å². The van der Waals surface area contributed by atoms with E-state index in [4.69, 9.17) is 6.42 Å². The SMILES string of the molecule is C#CCC(=O)N1CCC2CCC(C2)C1. The fourth-order valence-electron chi connectivity index (χ4n) is 2.77. The van der Waals surface area contributed by atoms with Crippen LogP contribution in [0.15, 0.2) is 0 Å². The average molecular weight is 191 g/mol. The minimum Gasteiger partial charge on any atom is -0.342 e. The van der Waals surface area contributed by atoms with Crippen molar-refractivity contribution >= 4 is 5.91 Å². The standard InChI is InChI=1S/C12H17NO/c1-2-3-12(14)13-7-6-10-4-5-11(8-10)9-13/h1,10-11H,3-9H2. The molecule has 76 valence electrons. The maximum atomic E-state index is 11.6. The van der Waals surface area contributed by atoms with Gasteiger partial charge in [0.15, 0.2) is 0 Å². The molecule has 0 aromatic rings. The number of carbonyl (C=O) groups excluding carboxylic acids is 1. The number of carbonyl (C=O) groups is 1. The Morgan fingerprint density at radius 2 is 2.14 bits per heavy atom. The Labute approximate surface area is 85.7 Å². The molecular weight excluding hydrogens is 174 g/mol. The normalized spacial score (nSPS) is 30.9. The summed E-state index contributed by atoms with van der Waals surface area (Å²) in [5.41, 5.74) is 0. The Balaban J connectivity index is 1.95. The minimum atomic E-state index is 0.153. The van der Waals surface area contributed by atoms with Gasteiger partial charge in [-0.1, -0.05) is 12.3 Å². The highest BCUT2D eigenvalue weighted by molar-refractivity contribution is 5.78. The van der Waals surface area contributed by atoms with E-state index < -0.39 is 0 Å². The summed E-state index contributed by atoms with van der Waals surface area (Å²) in [4.78, 5) is 13.6. The lowest BCUT2D eigenvalue weighted by atomic mass is 10.0. The lowest BCUT2D eigenvalue weighted by molar-refractivity contribution is -0.130. The maximum absolute atomic E-state index is 11.6. The van der Waals surface area contributed by atoms with Gasteiger partial charge in [-0.3, -0.25) is 4.79 Å². The summed E-state index contributed by atoms with van der Waals surface area (Å²) in [6.45, 7) is 1.89. The summed E-state index contributed by atoms with van der Waals surface area (Å²) in [5.74, 6) is 4.22. The number of amides is 1. The molecule has 1 aliphatic heterocycles. The highest BCUT2D eigenvalue weighted by Crippen LogP contribution is 2.36. The third-order valence-corrected chi connectivity index (χ3v) is 3.54. The number of rotatable bonds is 1. The molecule has 1 amide bonds. The van der Waals surface area contributed by atoms with Gasteiger partial charge < -0.3 is 4.90 Å². The molecule has 14 heavy (non-hydrogen) atoms. The quantitative estimate of drug-likeness (QED) is 0.577. The first-order valence-corrected chi connectivity index (χ1v) is 5.51. The molecule has 2 aliphatic rings. The fraction of sp³-hybridized carbons (Fsp3) is 0.750. The molecule has 1 aliphatic carbocycles. The molecular formula is C12H17NO. The van der Waals surface area contributed by atoms with Gasteiger partial charge in [0.05, 0.1) is 6.42 Å². The van der Waals surface area contributed by atoms with Crippen LogP contribution in [-0.4, -0.2) is 23.9 Å². The van der Waals surface area contributed by atoms with Crippen molar-refractivity contribution in [3.8, 4) is 12.3 Å². The smallest absolute Gasteiger partial charge is 0.234 e. The van der Waals surface area contributed by atoms with Gasteiger partial charge in [-0.05, 0) is 31.1 Å². The van der Waals surface area contributed by atoms with Crippen molar-refractivity contribution in [1.82, 2.24) is 4.90 Å². The highest BCUT2D eigenvalue weighted by atomic mass is 16.2. The third kappa shape index (κ3) is 1.92. The van der Waals surface area contributed by atoms with Crippen LogP contribution in [0.4, 0.5) is 0 Å². The number of terminal acetylenes is 1. The van der Waals surface area contributed by atoms with E-state index in [1.807, 2.05) is 4.90 Å². The van der Waals surface area contributed by atoms with Crippen molar-refractivity contribution in [2.24, 2.45) is 11.8 Å². The Hall–Kier alpha value is -0.970. The van der Waals surface area contributed by atoms with Crippen molar-refractivity contribution in [2.75, 3.05) is 13.1 Å². The summed E-state index contributed by atoms with van der Waals surface area (Å²) < 4.78 is 0. The van der Waals surface area contributed by atoms with Crippen LogP contribution in [0.2, 0.25) is 0 Å². The van der Waals surface area contributed by atoms with Crippen LogP contribution in [-0.2, 0) is 4.79 Å². The predicted molar refractivity (Wildman–Crippen MR) is 55.5 cm³/mol. The lowest BCUT2D eigenvalue weighted by Gasteiger charge is -2.24. The van der Waals surface area contributed by atoms with Gasteiger partial charge in [-0.25, -0.2) is 0 Å². The van der Waals surface area contributed by atoms with E-state index in [1.165, 1.54) is 25.7 Å². The van der Waals surface area contributed by atoms with Gasteiger partial charge in [0, 0.05) is 13.1 Å². The van der Waals surface area contributed by atoms with Gasteiger partial charge in [-0.15, -0.1) is 6.42 Å². The minimum absolute atomic E-state index is 0.153. The molecule has 1 heterocycles. The number of fused-ring (bicyclic) bond motifs is 2. The largest absolute Gasteiger partial charge is 0.342 e. The summed E-state index contributed by atoms with van der Waals surface area (Å²) in [6, 6.07) is 0. The van der Waals surface area contributed by atoms with Crippen LogP contribution in [0, 0.1) is 24.2 Å². The van der Waals surface area contributed by atoms with Crippen LogP contribution < -0.4 is 0 Å². The van der Waals surface area contributed by atoms with Crippen LogP contribution in [0.1, 0.15) is 32.1 Å². The molecule has 2 bridgehead atoms. The zero-order chi connectivity index (χ0) is 9.97. The van der Waals surface area contributed by atoms with Crippen LogP contribution in [0.3, 0.4) is 0 Å². The number of nitrogens with zero attached hydrogens (tertiary/aromatic N) is 1. The third-order valence-electron chi connectivity index (χ3n) is 3.54. The molecule has 0 N–H and O–H groups in total. The monoisotopic (exact) mass is 191 g/mol. The van der Waals surface area contributed by atoms with Crippen molar-refractivity contribution in [1.29, 1.82) is 0 Å². The lowest BCUT2D eigenvalue weighted by Crippen LogP contribution is -2.34. The first-order chi connectivity index (χ1) is 6.79. The second kappa shape index (κ2) is 4.04. The van der Waals surface area contributed by atoms with Gasteiger partial charge in [-0.2, -0.15) is 0 Å². The number of hydrogen-bond donors (Lipinski definition) is 0. The van der Waals surface area contributed by atoms with Crippen molar-refractivity contribution < 1.29 is 4.79 Å². The van der Waals surface area contributed by atoms with Gasteiger partial charge in [0.25, 0.3) is 0 Å². The van der Waals surface area contributed by atoms with Crippen LogP contribution in [0.5, 0.6) is 0 Å². The Bertz CT molecular complexity index is 266. The highest BCUT2D eigenvalue weighted by Gasteiger charge is 2.31. The molecule has 1 saturated carbocycles. The van der Waals surface area contributed by atoms with Gasteiger partial charge in [0.2, 0.25) is 5.91 Å². The molecule has 2 rings (SSSR count). The Morgan fingerprint density at radius 3 is 2.93 bits per heavy atom. The molecule has 0 radical (unpaired) electrons. The molecule has 0 aromatic carbocycles. The van der Waals surface area contributed by atoms with E-state index in [1.54, 1.807) is 0 Å². The molecule has 2 unspecified atom stereocenters. The first kappa shape index (κ1) is 9.58. The van der Waals surface area contributed by atoms with Crippen LogP contribution >= 0.6 is 0 Å². The Morgan fingerprint density at radius 1 is 1.36 bits per heavy atom. The van der Waals surface area contributed by atoms with Gasteiger partial charge >= 0.3 is 0 Å². The zero-order valence-corrected chi connectivity index (χ0v) is 8.54. The van der Waals surface area contributed by atoms with E-state index in [0.717, 1.165) is 24.9 Å². The van der Waals surface area contributed by atoms with Crippen LogP contribution in [0.25, 0.3) is 0 Å². The number of hydrogen-bond acceptors (Lipinski definition) is 1. The van der Waals surface area contributed by atoms with Crippen molar-refractivity contribution in [3.05, 3.63) is 0 Å². The van der Waals surface area contributed by atoms with E-state index in [9.17, 15) is 4.79 Å². The van der Waals surface area contributed by atoms with Gasteiger partial charge in [0.1, 0.15) is 0 Å². The molecule has 1 saturated heterocycles. The van der Waals surface area contributed by atoms with E-state index in [-0.39, 0.29) is 12.3 Å². The van der Waals surface area contributed by atoms with Crippen molar-refractivity contribution in [3.63, 3.8) is 0 Å². The Kier molecular flexibility index (Phi) is 2.77. The second-order valence-electron chi connectivity index (χ2n) is 4.55. The fourth-order valence-corrected chi connectivity index (χ4v) is 2.77. The summed E-state index contributed by atoms with van der Waals surface area (Å²) in [7, 11) is 0. The predicted octanol–water partition coefficient (Wildman–Crippen LogP) is 1.66. The first-order valence-electron chi connectivity index (χ1n) is 5.51. The van der Waals surface area contributed by atoms with E-state index in [2.05, 4.69) is 5.92 Å². The zero-order valence-electron chi connectivity index (χ0n) is 8.54. The molecule has 2 nitrogen and oxygen atoms in total. The molecule has 2 heteroatoms. The summed E-state index contributed by atoms with van der Waals surface area (Å²) >= 11 is 0. The van der Waals surface area contributed by atoms with E-state index in [0.29, 0.717) is 0 Å². The molecule has 0 aromatic heterocycles. The maximum Gasteiger partial charge on any atom is 0.234 e. The van der Waals surface area contributed by atoms with Crippen molar-refractivity contribution in [2.45, 2.75) is 32.1 Å². The summed E-state index contributed by atoms with van der Waals surface area (Å²) in [6.07, 6.45) is 10.6. The summed E-state index contributed by atoms with van der Waals surface area (Å²) in [5, 5.41) is 0. The number of likely N-dealkylation sites (tertiary alicyclic amines) is 1. The molecule has 2 fully saturated rings. The molecule has 2 atom stereocenters.